The van der Waals surface area contributed by atoms with Crippen LogP contribution in [-0.4, -0.2) is 23.1 Å². The van der Waals surface area contributed by atoms with Gasteiger partial charge in [-0.3, -0.25) is 14.4 Å². The van der Waals surface area contributed by atoms with Crippen molar-refractivity contribution in [1.82, 2.24) is 0 Å². The predicted octanol–water partition coefficient (Wildman–Crippen LogP) is 3.50. The highest BCUT2D eigenvalue weighted by atomic mass is 35.5. The number of benzene rings is 2. The summed E-state index contributed by atoms with van der Waals surface area (Å²) >= 11 is 7.13. The predicted molar refractivity (Wildman–Crippen MR) is 86.5 cm³/mol. The second kappa shape index (κ2) is 6.07. The third-order valence-electron chi connectivity index (χ3n) is 3.48. The average Bonchev–Trinajstić information content (AvgIpc) is 2.87. The van der Waals surface area contributed by atoms with Gasteiger partial charge in [-0.25, -0.2) is 0 Å². The van der Waals surface area contributed by atoms with E-state index < -0.39 is 5.25 Å². The molecule has 0 aliphatic carbocycles. The highest BCUT2D eigenvalue weighted by Gasteiger charge is 2.34. The van der Waals surface area contributed by atoms with E-state index in [1.807, 2.05) is 0 Å². The second-order valence-corrected chi connectivity index (χ2v) is 6.47. The first kappa shape index (κ1) is 15.0. The second-order valence-electron chi connectivity index (χ2n) is 4.94. The minimum absolute atomic E-state index is 0.107. The van der Waals surface area contributed by atoms with Crippen molar-refractivity contribution in [2.45, 2.75) is 5.25 Å². The molecule has 0 spiro atoms. The summed E-state index contributed by atoms with van der Waals surface area (Å²) in [5.41, 5.74) is 1.85. The van der Waals surface area contributed by atoms with Gasteiger partial charge in [-0.05, 0) is 29.8 Å². The topological polar surface area (TPSA) is 51.2 Å². The number of ketones is 3. The molecule has 0 amide bonds. The van der Waals surface area contributed by atoms with Gasteiger partial charge in [0.05, 0.1) is 11.0 Å². The number of Topliss-reactive ketones (excluding diaryl/α,β-unsaturated/α-hetero) is 2. The Kier molecular flexibility index (Phi) is 4.14. The molecular formula is C17H11ClO3S. The largest absolute Gasteiger partial charge is 0.290 e. The Bertz CT molecular complexity index is 750. The molecule has 2 aromatic carbocycles. The van der Waals surface area contributed by atoms with E-state index >= 15 is 0 Å². The van der Waals surface area contributed by atoms with Crippen LogP contribution < -0.4 is 0 Å². The maximum absolute atomic E-state index is 12.3. The maximum Gasteiger partial charge on any atom is 0.216 e. The van der Waals surface area contributed by atoms with Crippen molar-refractivity contribution < 1.29 is 14.4 Å². The molecule has 22 heavy (non-hydrogen) atoms. The van der Waals surface area contributed by atoms with Gasteiger partial charge < -0.3 is 0 Å². The Balaban J connectivity index is 1.82. The molecule has 1 saturated heterocycles. The van der Waals surface area contributed by atoms with Crippen LogP contribution in [0, 0.1) is 0 Å². The van der Waals surface area contributed by atoms with E-state index in [1.54, 1.807) is 48.5 Å². The number of hydrogen-bond acceptors (Lipinski definition) is 4. The lowest BCUT2D eigenvalue weighted by Crippen LogP contribution is -2.12. The zero-order valence-electron chi connectivity index (χ0n) is 11.4. The summed E-state index contributed by atoms with van der Waals surface area (Å²) in [6, 6.07) is 13.5. The lowest BCUT2D eigenvalue weighted by molar-refractivity contribution is -0.134. The quantitative estimate of drug-likeness (QED) is 0.638. The molecule has 0 bridgehead atoms. The van der Waals surface area contributed by atoms with Gasteiger partial charge in [0.1, 0.15) is 0 Å². The number of hydrogen-bond donors (Lipinski definition) is 0. The van der Waals surface area contributed by atoms with Crippen molar-refractivity contribution in [3.8, 4) is 0 Å². The van der Waals surface area contributed by atoms with Crippen LogP contribution in [-0.2, 0) is 9.59 Å². The SMILES string of the molecule is O=C1CSC(c2ccc(C(=O)c3ccc(Cl)cc3)cc2)C1=O. The number of carbonyl (C=O) groups excluding carboxylic acids is 3. The Hall–Kier alpha value is -1.91. The van der Waals surface area contributed by atoms with E-state index in [2.05, 4.69) is 0 Å². The van der Waals surface area contributed by atoms with Crippen molar-refractivity contribution >= 4 is 40.7 Å². The molecule has 0 aromatic heterocycles. The van der Waals surface area contributed by atoms with Gasteiger partial charge in [0.2, 0.25) is 11.6 Å². The average molecular weight is 331 g/mol. The summed E-state index contributed by atoms with van der Waals surface area (Å²) in [7, 11) is 0. The summed E-state index contributed by atoms with van der Waals surface area (Å²) in [6.07, 6.45) is 0. The van der Waals surface area contributed by atoms with E-state index in [-0.39, 0.29) is 23.1 Å². The van der Waals surface area contributed by atoms with E-state index in [9.17, 15) is 14.4 Å². The van der Waals surface area contributed by atoms with Crippen LogP contribution in [0.1, 0.15) is 26.7 Å². The van der Waals surface area contributed by atoms with Crippen molar-refractivity contribution in [2.24, 2.45) is 0 Å². The molecule has 110 valence electrons. The highest BCUT2D eigenvalue weighted by Crippen LogP contribution is 2.35. The fraction of sp³-hybridized carbons (Fsp3) is 0.118. The van der Waals surface area contributed by atoms with Gasteiger partial charge >= 0.3 is 0 Å². The molecule has 2 aromatic rings. The van der Waals surface area contributed by atoms with E-state index in [0.717, 1.165) is 5.56 Å². The number of carbonyl (C=O) groups is 3. The van der Waals surface area contributed by atoms with Gasteiger partial charge in [-0.15, -0.1) is 11.8 Å². The van der Waals surface area contributed by atoms with Crippen LogP contribution in [0.25, 0.3) is 0 Å². The molecule has 3 nitrogen and oxygen atoms in total. The maximum atomic E-state index is 12.3. The molecule has 1 fully saturated rings. The van der Waals surface area contributed by atoms with Crippen LogP contribution in [0.3, 0.4) is 0 Å². The van der Waals surface area contributed by atoms with Crippen molar-refractivity contribution in [3.05, 3.63) is 70.2 Å². The summed E-state index contributed by atoms with van der Waals surface area (Å²) in [5.74, 6) is -0.572. The first-order valence-corrected chi connectivity index (χ1v) is 8.08. The standard InChI is InChI=1S/C17H11ClO3S/c18-13-7-5-11(6-8-13)15(20)10-1-3-12(4-2-10)17-16(21)14(19)9-22-17/h1-8,17H,9H2. The molecule has 0 N–H and O–H groups in total. The first-order valence-electron chi connectivity index (χ1n) is 6.65. The minimum atomic E-state index is -0.438. The molecule has 1 unspecified atom stereocenters. The minimum Gasteiger partial charge on any atom is -0.290 e. The molecule has 0 radical (unpaired) electrons. The molecule has 0 saturated carbocycles. The summed E-state index contributed by atoms with van der Waals surface area (Å²) in [6.45, 7) is 0. The van der Waals surface area contributed by atoms with Gasteiger partial charge in [0.15, 0.2) is 5.78 Å². The number of halogens is 1. The van der Waals surface area contributed by atoms with Gasteiger partial charge in [0.25, 0.3) is 0 Å². The Morgan fingerprint density at radius 2 is 1.50 bits per heavy atom. The van der Waals surface area contributed by atoms with Gasteiger partial charge in [-0.2, -0.15) is 0 Å². The van der Waals surface area contributed by atoms with Crippen LogP contribution in [0.4, 0.5) is 0 Å². The smallest absolute Gasteiger partial charge is 0.216 e. The lowest BCUT2D eigenvalue weighted by Gasteiger charge is -2.08. The van der Waals surface area contributed by atoms with Gasteiger partial charge in [-0.1, -0.05) is 35.9 Å². The highest BCUT2D eigenvalue weighted by molar-refractivity contribution is 8.02. The summed E-state index contributed by atoms with van der Waals surface area (Å²) < 4.78 is 0. The summed E-state index contributed by atoms with van der Waals surface area (Å²) in [4.78, 5) is 35.4. The Morgan fingerprint density at radius 3 is 2.00 bits per heavy atom. The molecule has 5 heteroatoms. The Labute approximate surface area is 136 Å². The van der Waals surface area contributed by atoms with Crippen LogP contribution in [0.2, 0.25) is 5.02 Å². The lowest BCUT2D eigenvalue weighted by atomic mass is 10.00. The van der Waals surface area contributed by atoms with E-state index in [4.69, 9.17) is 11.6 Å². The van der Waals surface area contributed by atoms with Crippen LogP contribution >= 0.6 is 23.4 Å². The fourth-order valence-electron chi connectivity index (χ4n) is 2.28. The van der Waals surface area contributed by atoms with Crippen molar-refractivity contribution in [3.63, 3.8) is 0 Å². The normalized spacial score (nSPS) is 17.8. The number of rotatable bonds is 3. The van der Waals surface area contributed by atoms with E-state index in [1.165, 1.54) is 11.8 Å². The third kappa shape index (κ3) is 2.85. The Morgan fingerprint density at radius 1 is 0.955 bits per heavy atom. The summed E-state index contributed by atoms with van der Waals surface area (Å²) in [5, 5.41) is 0.139. The van der Waals surface area contributed by atoms with Gasteiger partial charge in [0, 0.05) is 16.1 Å². The van der Waals surface area contributed by atoms with Crippen LogP contribution in [0.15, 0.2) is 48.5 Å². The first-order chi connectivity index (χ1) is 10.6. The van der Waals surface area contributed by atoms with Crippen LogP contribution in [0.5, 0.6) is 0 Å². The van der Waals surface area contributed by atoms with Crippen molar-refractivity contribution in [1.29, 1.82) is 0 Å². The van der Waals surface area contributed by atoms with E-state index in [0.29, 0.717) is 16.1 Å². The zero-order valence-corrected chi connectivity index (χ0v) is 13.0. The number of thioether (sulfide) groups is 1. The van der Waals surface area contributed by atoms with Crippen molar-refractivity contribution in [2.75, 3.05) is 5.75 Å². The zero-order chi connectivity index (χ0) is 15.7. The molecular weight excluding hydrogens is 320 g/mol. The molecule has 1 aliphatic rings. The molecule has 3 rings (SSSR count). The fourth-order valence-corrected chi connectivity index (χ4v) is 3.50. The molecule has 1 atom stereocenters. The third-order valence-corrected chi connectivity index (χ3v) is 4.98. The molecule has 1 heterocycles. The molecule has 1 aliphatic heterocycles. The monoisotopic (exact) mass is 330 g/mol.